The van der Waals surface area contributed by atoms with Gasteiger partial charge in [-0.25, -0.2) is 4.79 Å². The van der Waals surface area contributed by atoms with Gasteiger partial charge in [0.2, 0.25) is 0 Å². The van der Waals surface area contributed by atoms with E-state index in [1.165, 1.54) is 19.2 Å². The SMILES string of the molecule is COc1cc(N)c(Cl)cc1C(=O)OCC(=O)NC(C)CCCC(C)C. The number of esters is 1. The lowest BCUT2D eigenvalue weighted by atomic mass is 10.0. The highest BCUT2D eigenvalue weighted by Gasteiger charge is 2.18. The first kappa shape index (κ1) is 21.1. The fraction of sp³-hybridized carbons (Fsp3) is 0.556. The third kappa shape index (κ3) is 7.22. The van der Waals surface area contributed by atoms with Crippen LogP contribution in [0.3, 0.4) is 0 Å². The summed E-state index contributed by atoms with van der Waals surface area (Å²) in [7, 11) is 1.41. The Morgan fingerprint density at radius 1 is 1.24 bits per heavy atom. The van der Waals surface area contributed by atoms with E-state index in [4.69, 9.17) is 26.8 Å². The number of methoxy groups -OCH3 is 1. The van der Waals surface area contributed by atoms with Crippen LogP contribution >= 0.6 is 11.6 Å². The largest absolute Gasteiger partial charge is 0.496 e. The minimum atomic E-state index is -0.693. The molecule has 1 atom stereocenters. The van der Waals surface area contributed by atoms with Gasteiger partial charge in [-0.3, -0.25) is 4.79 Å². The van der Waals surface area contributed by atoms with E-state index in [9.17, 15) is 9.59 Å². The van der Waals surface area contributed by atoms with Crippen molar-refractivity contribution in [2.45, 2.75) is 46.1 Å². The van der Waals surface area contributed by atoms with Crippen LogP contribution < -0.4 is 15.8 Å². The second kappa shape index (κ2) is 10.1. The number of ether oxygens (including phenoxy) is 2. The van der Waals surface area contributed by atoms with Gasteiger partial charge < -0.3 is 20.5 Å². The summed E-state index contributed by atoms with van der Waals surface area (Å²) in [6.45, 7) is 5.90. The normalized spacial score (nSPS) is 11.9. The van der Waals surface area contributed by atoms with Crippen LogP contribution in [0, 0.1) is 5.92 Å². The lowest BCUT2D eigenvalue weighted by Gasteiger charge is -2.15. The van der Waals surface area contributed by atoms with Crippen LogP contribution in [0.4, 0.5) is 5.69 Å². The van der Waals surface area contributed by atoms with Gasteiger partial charge in [0.25, 0.3) is 5.91 Å². The average Bonchev–Trinajstić information content (AvgIpc) is 2.54. The van der Waals surface area contributed by atoms with Crippen molar-refractivity contribution in [1.82, 2.24) is 5.32 Å². The number of rotatable bonds is 9. The number of hydrogen-bond donors (Lipinski definition) is 2. The van der Waals surface area contributed by atoms with Gasteiger partial charge in [-0.15, -0.1) is 0 Å². The number of halogens is 1. The first-order valence-electron chi connectivity index (χ1n) is 8.34. The molecule has 1 unspecified atom stereocenters. The quantitative estimate of drug-likeness (QED) is 0.513. The van der Waals surface area contributed by atoms with E-state index >= 15 is 0 Å². The zero-order valence-electron chi connectivity index (χ0n) is 15.2. The van der Waals surface area contributed by atoms with Gasteiger partial charge in [-0.1, -0.05) is 38.3 Å². The number of carbonyl (C=O) groups is 2. The predicted molar refractivity (Wildman–Crippen MR) is 99.0 cm³/mol. The molecule has 0 aliphatic heterocycles. The van der Waals surface area contributed by atoms with E-state index in [0.717, 1.165) is 19.3 Å². The van der Waals surface area contributed by atoms with E-state index in [2.05, 4.69) is 19.2 Å². The molecule has 1 amide bonds. The molecule has 0 bridgehead atoms. The summed E-state index contributed by atoms with van der Waals surface area (Å²) < 4.78 is 10.1. The molecule has 0 fully saturated rings. The summed E-state index contributed by atoms with van der Waals surface area (Å²) in [6.07, 6.45) is 3.05. The Labute approximate surface area is 154 Å². The molecule has 25 heavy (non-hydrogen) atoms. The predicted octanol–water partition coefficient (Wildman–Crippen LogP) is 3.42. The second-order valence-corrected chi connectivity index (χ2v) is 6.85. The Hall–Kier alpha value is -1.95. The van der Waals surface area contributed by atoms with Crippen LogP contribution in [-0.4, -0.2) is 31.6 Å². The Kier molecular flexibility index (Phi) is 8.55. The van der Waals surface area contributed by atoms with Crippen molar-refractivity contribution in [3.63, 3.8) is 0 Å². The lowest BCUT2D eigenvalue weighted by Crippen LogP contribution is -2.35. The highest BCUT2D eigenvalue weighted by atomic mass is 35.5. The highest BCUT2D eigenvalue weighted by Crippen LogP contribution is 2.29. The molecular weight excluding hydrogens is 344 g/mol. The zero-order valence-corrected chi connectivity index (χ0v) is 16.0. The lowest BCUT2D eigenvalue weighted by molar-refractivity contribution is -0.124. The summed E-state index contributed by atoms with van der Waals surface area (Å²) in [5, 5.41) is 3.03. The minimum Gasteiger partial charge on any atom is -0.496 e. The molecule has 0 saturated carbocycles. The van der Waals surface area contributed by atoms with Crippen LogP contribution in [0.2, 0.25) is 5.02 Å². The van der Waals surface area contributed by atoms with Crippen LogP contribution in [-0.2, 0) is 9.53 Å². The molecule has 0 saturated heterocycles. The monoisotopic (exact) mass is 370 g/mol. The van der Waals surface area contributed by atoms with E-state index in [1.807, 2.05) is 6.92 Å². The smallest absolute Gasteiger partial charge is 0.342 e. The summed E-state index contributed by atoms with van der Waals surface area (Å²) in [6, 6.07) is 2.84. The van der Waals surface area contributed by atoms with Gasteiger partial charge in [-0.05, 0) is 25.3 Å². The molecule has 0 aromatic heterocycles. The molecule has 0 aliphatic carbocycles. The molecule has 6 nitrogen and oxygen atoms in total. The molecule has 1 aromatic rings. The van der Waals surface area contributed by atoms with Gasteiger partial charge in [-0.2, -0.15) is 0 Å². The number of nitrogens with one attached hydrogen (secondary N) is 1. The third-order valence-corrected chi connectivity index (χ3v) is 4.03. The topological polar surface area (TPSA) is 90.7 Å². The summed E-state index contributed by atoms with van der Waals surface area (Å²) in [4.78, 5) is 24.0. The van der Waals surface area contributed by atoms with E-state index in [0.29, 0.717) is 11.6 Å². The molecule has 0 heterocycles. The Balaban J connectivity index is 2.51. The first-order valence-corrected chi connectivity index (χ1v) is 8.71. The number of nitrogen functional groups attached to an aromatic ring is 1. The minimum absolute atomic E-state index is 0.0328. The van der Waals surface area contributed by atoms with E-state index < -0.39 is 5.97 Å². The van der Waals surface area contributed by atoms with Gasteiger partial charge in [0, 0.05) is 12.1 Å². The summed E-state index contributed by atoms with van der Waals surface area (Å²) in [5.41, 5.74) is 6.09. The van der Waals surface area contributed by atoms with Crippen molar-refractivity contribution >= 4 is 29.2 Å². The van der Waals surface area contributed by atoms with Crippen LogP contribution in [0.5, 0.6) is 5.75 Å². The van der Waals surface area contributed by atoms with Crippen molar-refractivity contribution in [2.24, 2.45) is 5.92 Å². The highest BCUT2D eigenvalue weighted by molar-refractivity contribution is 6.33. The number of benzene rings is 1. The van der Waals surface area contributed by atoms with Gasteiger partial charge in [0.1, 0.15) is 11.3 Å². The maximum absolute atomic E-state index is 12.1. The maximum atomic E-state index is 12.1. The fourth-order valence-electron chi connectivity index (χ4n) is 2.33. The van der Waals surface area contributed by atoms with Crippen molar-refractivity contribution in [1.29, 1.82) is 0 Å². The zero-order chi connectivity index (χ0) is 19.0. The maximum Gasteiger partial charge on any atom is 0.342 e. The number of nitrogens with two attached hydrogens (primary N) is 1. The standard InChI is InChI=1S/C18H27ClN2O4/c1-11(2)6-5-7-12(3)21-17(22)10-25-18(23)13-8-14(19)15(20)9-16(13)24-4/h8-9,11-12H,5-7,10,20H2,1-4H3,(H,21,22). The van der Waals surface area contributed by atoms with E-state index in [-0.39, 0.29) is 34.9 Å². The number of amides is 1. The average molecular weight is 371 g/mol. The molecule has 0 aliphatic rings. The van der Waals surface area contributed by atoms with Crippen molar-refractivity contribution in [3.05, 3.63) is 22.7 Å². The van der Waals surface area contributed by atoms with Crippen LogP contribution in [0.15, 0.2) is 12.1 Å². The van der Waals surface area contributed by atoms with Crippen molar-refractivity contribution in [2.75, 3.05) is 19.5 Å². The van der Waals surface area contributed by atoms with Gasteiger partial charge >= 0.3 is 5.97 Å². The number of carbonyl (C=O) groups excluding carboxylic acids is 2. The molecule has 7 heteroatoms. The second-order valence-electron chi connectivity index (χ2n) is 6.44. The van der Waals surface area contributed by atoms with Crippen LogP contribution in [0.1, 0.15) is 50.4 Å². The number of hydrogen-bond acceptors (Lipinski definition) is 5. The molecule has 140 valence electrons. The van der Waals surface area contributed by atoms with Crippen molar-refractivity contribution in [3.8, 4) is 5.75 Å². The van der Waals surface area contributed by atoms with Gasteiger partial charge in [0.15, 0.2) is 6.61 Å². The fourth-order valence-corrected chi connectivity index (χ4v) is 2.49. The molecular formula is C18H27ClN2O4. The summed E-state index contributed by atoms with van der Waals surface area (Å²) >= 11 is 5.92. The summed E-state index contributed by atoms with van der Waals surface area (Å²) in [5.74, 6) is -0.146. The van der Waals surface area contributed by atoms with E-state index in [1.54, 1.807) is 0 Å². The Morgan fingerprint density at radius 3 is 2.52 bits per heavy atom. The van der Waals surface area contributed by atoms with Crippen molar-refractivity contribution < 1.29 is 19.1 Å². The molecule has 0 spiro atoms. The third-order valence-electron chi connectivity index (χ3n) is 3.70. The molecule has 1 rings (SSSR count). The molecule has 0 radical (unpaired) electrons. The Bertz CT molecular complexity index is 605. The molecule has 1 aromatic carbocycles. The Morgan fingerprint density at radius 2 is 1.92 bits per heavy atom. The molecule has 3 N–H and O–H groups in total. The first-order chi connectivity index (χ1) is 11.7. The van der Waals surface area contributed by atoms with Crippen LogP contribution in [0.25, 0.3) is 0 Å². The van der Waals surface area contributed by atoms with Gasteiger partial charge in [0.05, 0.1) is 17.8 Å². The number of anilines is 1.